The minimum Gasteiger partial charge on any atom is -0.379 e. The van der Waals surface area contributed by atoms with Gasteiger partial charge in [0, 0.05) is 35.3 Å². The van der Waals surface area contributed by atoms with Gasteiger partial charge in [0.2, 0.25) is 0 Å². The van der Waals surface area contributed by atoms with Crippen LogP contribution in [-0.2, 0) is 11.3 Å². The number of benzene rings is 1. The summed E-state index contributed by atoms with van der Waals surface area (Å²) in [4.78, 5) is 4.45. The molecule has 1 N–H and O–H groups in total. The first-order valence-corrected chi connectivity index (χ1v) is 6.91. The third-order valence-electron chi connectivity index (χ3n) is 3.72. The van der Waals surface area contributed by atoms with E-state index in [-0.39, 0.29) is 5.54 Å². The molecule has 0 radical (unpaired) electrons. The lowest BCUT2D eigenvalue weighted by Crippen LogP contribution is -2.42. The summed E-state index contributed by atoms with van der Waals surface area (Å²) >= 11 is 6.20. The lowest BCUT2D eigenvalue weighted by Gasteiger charge is -2.24. The molecule has 1 aliphatic rings. The van der Waals surface area contributed by atoms with Gasteiger partial charge in [-0.15, -0.1) is 0 Å². The quantitative estimate of drug-likeness (QED) is 0.935. The number of ether oxygens (including phenoxy) is 1. The zero-order valence-corrected chi connectivity index (χ0v) is 11.7. The molecule has 1 atom stereocenters. The Morgan fingerprint density at radius 2 is 2.32 bits per heavy atom. The molecule has 1 unspecified atom stereocenters. The maximum Gasteiger partial charge on any atom is 0.0761 e. The van der Waals surface area contributed by atoms with Crippen LogP contribution >= 0.6 is 11.6 Å². The Labute approximate surface area is 117 Å². The predicted octanol–water partition coefficient (Wildman–Crippen LogP) is 3.16. The van der Waals surface area contributed by atoms with Crippen molar-refractivity contribution >= 4 is 22.5 Å². The van der Waals surface area contributed by atoms with E-state index >= 15 is 0 Å². The van der Waals surface area contributed by atoms with Gasteiger partial charge >= 0.3 is 0 Å². The number of halogens is 1. The molecule has 4 heteroatoms. The van der Waals surface area contributed by atoms with Gasteiger partial charge in [-0.3, -0.25) is 4.98 Å². The first-order chi connectivity index (χ1) is 9.18. The van der Waals surface area contributed by atoms with Gasteiger partial charge in [-0.05, 0) is 37.1 Å². The molecule has 0 bridgehead atoms. The molecule has 100 valence electrons. The smallest absolute Gasteiger partial charge is 0.0761 e. The van der Waals surface area contributed by atoms with E-state index in [2.05, 4.69) is 17.2 Å². The van der Waals surface area contributed by atoms with E-state index < -0.39 is 0 Å². The number of aromatic nitrogens is 1. The lowest BCUT2D eigenvalue weighted by atomic mass is 10.0. The maximum absolute atomic E-state index is 6.20. The summed E-state index contributed by atoms with van der Waals surface area (Å²) < 4.78 is 5.46. The SMILES string of the molecule is CC1(NCc2ccc(Cl)c3cccnc23)CCOC1. The van der Waals surface area contributed by atoms with Crippen LogP contribution in [0.3, 0.4) is 0 Å². The predicted molar refractivity (Wildman–Crippen MR) is 77.4 cm³/mol. The molecule has 3 nitrogen and oxygen atoms in total. The molecular weight excluding hydrogens is 260 g/mol. The van der Waals surface area contributed by atoms with Crippen LogP contribution in [0.1, 0.15) is 18.9 Å². The molecule has 0 amide bonds. The third-order valence-corrected chi connectivity index (χ3v) is 4.05. The number of rotatable bonds is 3. The van der Waals surface area contributed by atoms with Crippen LogP contribution in [-0.4, -0.2) is 23.7 Å². The minimum absolute atomic E-state index is 0.0702. The molecule has 19 heavy (non-hydrogen) atoms. The summed E-state index contributed by atoms with van der Waals surface area (Å²) in [6.07, 6.45) is 2.86. The van der Waals surface area contributed by atoms with Gasteiger partial charge in [-0.25, -0.2) is 0 Å². The molecule has 0 saturated carbocycles. The van der Waals surface area contributed by atoms with Crippen LogP contribution in [0.5, 0.6) is 0 Å². The molecular formula is C15H17ClN2O. The molecule has 2 heterocycles. The van der Waals surface area contributed by atoms with Crippen molar-refractivity contribution in [1.82, 2.24) is 10.3 Å². The van der Waals surface area contributed by atoms with Gasteiger partial charge in [0.15, 0.2) is 0 Å². The third kappa shape index (κ3) is 2.59. The van der Waals surface area contributed by atoms with E-state index in [1.165, 1.54) is 5.56 Å². The van der Waals surface area contributed by atoms with Crippen molar-refractivity contribution in [3.63, 3.8) is 0 Å². The van der Waals surface area contributed by atoms with E-state index in [1.807, 2.05) is 30.5 Å². The Bertz CT molecular complexity index is 594. The van der Waals surface area contributed by atoms with Gasteiger partial charge in [-0.2, -0.15) is 0 Å². The van der Waals surface area contributed by atoms with E-state index in [9.17, 15) is 0 Å². The maximum atomic E-state index is 6.20. The van der Waals surface area contributed by atoms with E-state index in [0.29, 0.717) is 0 Å². The summed E-state index contributed by atoms with van der Waals surface area (Å²) in [5, 5.41) is 5.34. The van der Waals surface area contributed by atoms with Crippen LogP contribution in [0.4, 0.5) is 0 Å². The highest BCUT2D eigenvalue weighted by Gasteiger charge is 2.28. The highest BCUT2D eigenvalue weighted by Crippen LogP contribution is 2.25. The van der Waals surface area contributed by atoms with Crippen molar-refractivity contribution < 1.29 is 4.74 Å². The van der Waals surface area contributed by atoms with Crippen LogP contribution in [0.15, 0.2) is 30.5 Å². The average Bonchev–Trinajstić information content (AvgIpc) is 2.86. The average molecular weight is 277 g/mol. The molecule has 0 spiro atoms. The zero-order chi connectivity index (χ0) is 13.3. The topological polar surface area (TPSA) is 34.2 Å². The van der Waals surface area contributed by atoms with E-state index in [4.69, 9.17) is 16.3 Å². The Morgan fingerprint density at radius 3 is 3.11 bits per heavy atom. The first-order valence-electron chi connectivity index (χ1n) is 6.53. The molecule has 2 aromatic rings. The number of pyridine rings is 1. The van der Waals surface area contributed by atoms with Gasteiger partial charge in [0.1, 0.15) is 0 Å². The van der Waals surface area contributed by atoms with Crippen molar-refractivity contribution in [3.8, 4) is 0 Å². The minimum atomic E-state index is 0.0702. The Balaban J connectivity index is 1.87. The van der Waals surface area contributed by atoms with Crippen LogP contribution in [0, 0.1) is 0 Å². The van der Waals surface area contributed by atoms with Crippen molar-refractivity contribution in [1.29, 1.82) is 0 Å². The lowest BCUT2D eigenvalue weighted by molar-refractivity contribution is 0.171. The summed E-state index contributed by atoms with van der Waals surface area (Å²) in [6.45, 7) is 4.59. The number of nitrogens with one attached hydrogen (secondary N) is 1. The Morgan fingerprint density at radius 1 is 1.42 bits per heavy atom. The van der Waals surface area contributed by atoms with Crippen molar-refractivity contribution in [2.24, 2.45) is 0 Å². The number of hydrogen-bond donors (Lipinski definition) is 1. The molecule has 1 aromatic carbocycles. The largest absolute Gasteiger partial charge is 0.379 e. The van der Waals surface area contributed by atoms with Crippen molar-refractivity contribution in [2.45, 2.75) is 25.4 Å². The summed E-state index contributed by atoms with van der Waals surface area (Å²) in [7, 11) is 0. The zero-order valence-electron chi connectivity index (χ0n) is 10.9. The fourth-order valence-electron chi connectivity index (χ4n) is 2.45. The second kappa shape index (κ2) is 5.08. The van der Waals surface area contributed by atoms with E-state index in [0.717, 1.165) is 42.1 Å². The second-order valence-electron chi connectivity index (χ2n) is 5.32. The molecule has 0 aliphatic carbocycles. The molecule has 1 aromatic heterocycles. The van der Waals surface area contributed by atoms with Gasteiger partial charge in [0.05, 0.1) is 12.1 Å². The van der Waals surface area contributed by atoms with Crippen LogP contribution in [0.2, 0.25) is 5.02 Å². The van der Waals surface area contributed by atoms with Gasteiger partial charge < -0.3 is 10.1 Å². The number of fused-ring (bicyclic) bond motifs is 1. The number of hydrogen-bond acceptors (Lipinski definition) is 3. The highest BCUT2D eigenvalue weighted by atomic mass is 35.5. The Hall–Kier alpha value is -1.16. The number of nitrogens with zero attached hydrogens (tertiary/aromatic N) is 1. The molecule has 1 fully saturated rings. The standard InChI is InChI=1S/C15H17ClN2O/c1-15(6-8-19-10-15)18-9-11-4-5-13(16)12-3-2-7-17-14(11)12/h2-5,7,18H,6,8-10H2,1H3. The molecule has 1 saturated heterocycles. The summed E-state index contributed by atoms with van der Waals surface area (Å²) in [5.41, 5.74) is 2.22. The van der Waals surface area contributed by atoms with Gasteiger partial charge in [0.25, 0.3) is 0 Å². The highest BCUT2D eigenvalue weighted by molar-refractivity contribution is 6.35. The fraction of sp³-hybridized carbons (Fsp3) is 0.400. The Kier molecular flexibility index (Phi) is 3.44. The van der Waals surface area contributed by atoms with Gasteiger partial charge in [-0.1, -0.05) is 17.7 Å². The van der Waals surface area contributed by atoms with Crippen molar-refractivity contribution in [3.05, 3.63) is 41.0 Å². The summed E-state index contributed by atoms with van der Waals surface area (Å²) in [6, 6.07) is 7.91. The fourth-order valence-corrected chi connectivity index (χ4v) is 2.67. The molecule has 1 aliphatic heterocycles. The normalized spacial score (nSPS) is 23.1. The monoisotopic (exact) mass is 276 g/mol. The summed E-state index contributed by atoms with van der Waals surface area (Å²) in [5.74, 6) is 0. The second-order valence-corrected chi connectivity index (χ2v) is 5.73. The molecule has 3 rings (SSSR count). The van der Waals surface area contributed by atoms with Crippen LogP contribution < -0.4 is 5.32 Å². The van der Waals surface area contributed by atoms with Crippen LogP contribution in [0.25, 0.3) is 10.9 Å². The van der Waals surface area contributed by atoms with Crippen molar-refractivity contribution in [2.75, 3.05) is 13.2 Å². The first kappa shape index (κ1) is 12.9. The van der Waals surface area contributed by atoms with E-state index in [1.54, 1.807) is 0 Å².